The van der Waals surface area contributed by atoms with Crippen molar-refractivity contribution < 1.29 is 17.8 Å². The number of hydrogen-bond donors (Lipinski definition) is 0. The number of thiocarbonyl (C=S) groups is 1. The smallest absolute Gasteiger partial charge is 0.266 e. The first kappa shape index (κ1) is 17.2. The summed E-state index contributed by atoms with van der Waals surface area (Å²) < 4.78 is 32.2. The van der Waals surface area contributed by atoms with Crippen LogP contribution in [-0.4, -0.2) is 51.8 Å². The van der Waals surface area contributed by atoms with Crippen molar-refractivity contribution >= 4 is 44.3 Å². The van der Waals surface area contributed by atoms with Gasteiger partial charge < -0.3 is 9.45 Å². The topological polar surface area (TPSA) is 80.8 Å². The lowest BCUT2D eigenvalue weighted by atomic mass is 10.2. The van der Waals surface area contributed by atoms with E-state index < -0.39 is 10.1 Å². The number of carbonyl (C=O) groups excluding carboxylic acids is 1. The zero-order valence-corrected chi connectivity index (χ0v) is 14.3. The summed E-state index contributed by atoms with van der Waals surface area (Å²) >= 11 is 6.45. The van der Waals surface area contributed by atoms with Crippen molar-refractivity contribution in [2.75, 3.05) is 18.8 Å². The molecule has 0 spiro atoms. The minimum Gasteiger partial charge on any atom is -0.748 e. The number of likely N-dealkylation sites (N-methyl/N-ethyl adjacent to an activating group) is 1. The second kappa shape index (κ2) is 6.95. The van der Waals surface area contributed by atoms with Crippen molar-refractivity contribution in [3.05, 3.63) is 35.0 Å². The first-order valence-corrected chi connectivity index (χ1v) is 9.45. The van der Waals surface area contributed by atoms with Crippen molar-refractivity contribution in [1.29, 1.82) is 0 Å². The summed E-state index contributed by atoms with van der Waals surface area (Å²) in [5.74, 6) is -0.472. The molecule has 0 saturated carbocycles. The molecule has 2 heterocycles. The predicted molar refractivity (Wildman–Crippen MR) is 88.8 cm³/mol. The van der Waals surface area contributed by atoms with Gasteiger partial charge in [-0.05, 0) is 31.1 Å². The van der Waals surface area contributed by atoms with Crippen LogP contribution in [0, 0.1) is 0 Å². The summed E-state index contributed by atoms with van der Waals surface area (Å²) in [5, 5.41) is 0. The van der Waals surface area contributed by atoms with E-state index in [0.717, 1.165) is 5.57 Å². The van der Waals surface area contributed by atoms with Gasteiger partial charge in [0.05, 0.1) is 15.0 Å². The molecule has 2 aliphatic heterocycles. The lowest BCUT2D eigenvalue weighted by Gasteiger charge is -2.19. The number of allylic oxidation sites excluding steroid dienone is 3. The van der Waals surface area contributed by atoms with Crippen LogP contribution in [0.1, 0.15) is 13.3 Å². The fourth-order valence-corrected chi connectivity index (χ4v) is 3.92. The molecule has 9 heteroatoms. The van der Waals surface area contributed by atoms with Crippen LogP contribution in [0.5, 0.6) is 0 Å². The van der Waals surface area contributed by atoms with E-state index in [0.29, 0.717) is 22.3 Å². The van der Waals surface area contributed by atoms with Crippen LogP contribution in [0.3, 0.4) is 0 Å². The molecule has 1 fully saturated rings. The highest BCUT2D eigenvalue weighted by molar-refractivity contribution is 8.26. The third-order valence-electron chi connectivity index (χ3n) is 3.13. The van der Waals surface area contributed by atoms with Crippen molar-refractivity contribution in [2.24, 2.45) is 0 Å². The number of carbonyl (C=O) groups is 1. The average Bonchev–Trinajstić information content (AvgIpc) is 2.73. The van der Waals surface area contributed by atoms with Gasteiger partial charge in [-0.2, -0.15) is 0 Å². The van der Waals surface area contributed by atoms with Gasteiger partial charge in [0.25, 0.3) is 5.91 Å². The Bertz CT molecular complexity index is 663. The Morgan fingerprint density at radius 3 is 2.45 bits per heavy atom. The molecule has 0 N–H and O–H groups in total. The standard InChI is InChI=1S/C13H16N2O4S3/c1-2-15-12(16)11(21-13(15)20)10-4-7-14(8-5-10)6-3-9-22(17,18)19/h4-5,7-8H,2-3,6,9H2,1H3,(H,17,18,19)/p-1. The van der Waals surface area contributed by atoms with E-state index in [4.69, 9.17) is 12.2 Å². The summed E-state index contributed by atoms with van der Waals surface area (Å²) in [5.41, 5.74) is 0.779. The van der Waals surface area contributed by atoms with Crippen molar-refractivity contribution in [3.63, 3.8) is 0 Å². The molecular formula is C13H15N2O4S3-. The Balaban J connectivity index is 2.00. The van der Waals surface area contributed by atoms with Gasteiger partial charge in [0.2, 0.25) is 0 Å². The number of hydrogen-bond acceptors (Lipinski definition) is 7. The second-order valence-corrected chi connectivity index (χ2v) is 7.85. The molecule has 0 radical (unpaired) electrons. The van der Waals surface area contributed by atoms with Gasteiger partial charge in [-0.15, -0.1) is 0 Å². The van der Waals surface area contributed by atoms with E-state index in [1.54, 1.807) is 34.4 Å². The largest absolute Gasteiger partial charge is 0.748 e. The maximum atomic E-state index is 12.2. The molecule has 22 heavy (non-hydrogen) atoms. The molecule has 0 atom stereocenters. The Labute approximate surface area is 139 Å². The molecule has 0 bridgehead atoms. The Morgan fingerprint density at radius 2 is 1.95 bits per heavy atom. The second-order valence-electron chi connectivity index (χ2n) is 4.69. The molecule has 0 aromatic heterocycles. The first-order valence-electron chi connectivity index (χ1n) is 6.65. The van der Waals surface area contributed by atoms with Crippen LogP contribution in [0.25, 0.3) is 0 Å². The molecule has 6 nitrogen and oxygen atoms in total. The third-order valence-corrected chi connectivity index (χ3v) is 5.40. The molecule has 2 aliphatic rings. The van der Waals surface area contributed by atoms with Crippen LogP contribution in [0.4, 0.5) is 0 Å². The minimum atomic E-state index is -4.17. The summed E-state index contributed by atoms with van der Waals surface area (Å²) in [7, 11) is -4.17. The third kappa shape index (κ3) is 4.19. The van der Waals surface area contributed by atoms with Gasteiger partial charge in [0.1, 0.15) is 4.32 Å². The van der Waals surface area contributed by atoms with Crippen molar-refractivity contribution in [1.82, 2.24) is 9.80 Å². The highest BCUT2D eigenvalue weighted by atomic mass is 32.2. The molecular weight excluding hydrogens is 344 g/mol. The SMILES string of the molecule is CCN1C(=O)C(=C2C=CN(CCCS(=O)(=O)[O-])C=C2)SC1=S. The maximum Gasteiger partial charge on any atom is 0.266 e. The summed E-state index contributed by atoms with van der Waals surface area (Å²) in [4.78, 5) is 16.1. The molecule has 0 unspecified atom stereocenters. The molecule has 120 valence electrons. The number of rotatable bonds is 5. The van der Waals surface area contributed by atoms with Crippen LogP contribution in [-0.2, 0) is 14.9 Å². The monoisotopic (exact) mass is 359 g/mol. The number of amides is 1. The quantitative estimate of drug-likeness (QED) is 0.417. The van der Waals surface area contributed by atoms with Gasteiger partial charge in [0, 0.05) is 31.2 Å². The van der Waals surface area contributed by atoms with E-state index in [-0.39, 0.29) is 18.1 Å². The fourth-order valence-electron chi connectivity index (χ4n) is 2.03. The lowest BCUT2D eigenvalue weighted by Crippen LogP contribution is -2.27. The lowest BCUT2D eigenvalue weighted by molar-refractivity contribution is -0.122. The Kier molecular flexibility index (Phi) is 5.43. The Morgan fingerprint density at radius 1 is 1.32 bits per heavy atom. The van der Waals surface area contributed by atoms with E-state index in [1.165, 1.54) is 11.8 Å². The molecule has 1 saturated heterocycles. The molecule has 0 aromatic rings. The highest BCUT2D eigenvalue weighted by Crippen LogP contribution is 2.34. The van der Waals surface area contributed by atoms with Gasteiger partial charge in [-0.1, -0.05) is 24.0 Å². The highest BCUT2D eigenvalue weighted by Gasteiger charge is 2.32. The van der Waals surface area contributed by atoms with E-state index in [1.807, 2.05) is 6.92 Å². The van der Waals surface area contributed by atoms with E-state index in [9.17, 15) is 17.8 Å². The van der Waals surface area contributed by atoms with Gasteiger partial charge >= 0.3 is 0 Å². The van der Waals surface area contributed by atoms with Crippen LogP contribution in [0.15, 0.2) is 35.0 Å². The van der Waals surface area contributed by atoms with Crippen LogP contribution in [0.2, 0.25) is 0 Å². The summed E-state index contributed by atoms with van der Waals surface area (Å²) in [6.45, 7) is 2.85. The number of thioether (sulfide) groups is 1. The fraction of sp³-hybridized carbons (Fsp3) is 0.385. The first-order chi connectivity index (χ1) is 10.3. The molecule has 0 aromatic carbocycles. The molecule has 2 rings (SSSR count). The average molecular weight is 359 g/mol. The van der Waals surface area contributed by atoms with E-state index in [2.05, 4.69) is 0 Å². The predicted octanol–water partition coefficient (Wildman–Crippen LogP) is 1.40. The summed E-state index contributed by atoms with van der Waals surface area (Å²) in [6.07, 6.45) is 7.34. The normalized spacial score (nSPS) is 18.8. The summed E-state index contributed by atoms with van der Waals surface area (Å²) in [6, 6.07) is 0. The van der Waals surface area contributed by atoms with Crippen LogP contribution >= 0.6 is 24.0 Å². The van der Waals surface area contributed by atoms with E-state index >= 15 is 0 Å². The molecule has 1 amide bonds. The zero-order chi connectivity index (χ0) is 16.3. The zero-order valence-electron chi connectivity index (χ0n) is 11.9. The van der Waals surface area contributed by atoms with Crippen LogP contribution < -0.4 is 0 Å². The maximum absolute atomic E-state index is 12.2. The van der Waals surface area contributed by atoms with Crippen molar-refractivity contribution in [3.8, 4) is 0 Å². The van der Waals surface area contributed by atoms with Gasteiger partial charge in [-0.25, -0.2) is 8.42 Å². The Hall–Kier alpha value is -1.16. The number of nitrogens with zero attached hydrogens (tertiary/aromatic N) is 2. The minimum absolute atomic E-state index is 0.0901. The van der Waals surface area contributed by atoms with Gasteiger partial charge in [-0.3, -0.25) is 9.69 Å². The molecule has 0 aliphatic carbocycles. The van der Waals surface area contributed by atoms with Crippen molar-refractivity contribution in [2.45, 2.75) is 13.3 Å². The van der Waals surface area contributed by atoms with Gasteiger partial charge in [0.15, 0.2) is 0 Å².